The van der Waals surface area contributed by atoms with Crippen LogP contribution in [0, 0.1) is 0 Å². The minimum absolute atomic E-state index is 0.913. The molecule has 8 heterocycles. The first kappa shape index (κ1) is 76.2. The summed E-state index contributed by atoms with van der Waals surface area (Å²) in [6.45, 7) is -1.88. The number of amides is 2. The van der Waals surface area contributed by atoms with E-state index in [2.05, 4.69) is 10.6 Å². The van der Waals surface area contributed by atoms with Crippen LogP contribution in [-0.2, 0) is 80.6 Å². The highest BCUT2D eigenvalue weighted by atomic mass is 16.8. The first-order valence-electron chi connectivity index (χ1n) is 29.9. The number of hydrogen-bond donors (Lipinski definition) is 24. The van der Waals surface area contributed by atoms with Crippen molar-refractivity contribution in [1.29, 1.82) is 0 Å². The summed E-state index contributed by atoms with van der Waals surface area (Å²) in [6.07, 6.45) is -75.1. The van der Waals surface area contributed by atoms with E-state index < -0.39 is 297 Å². The molecule has 8 aliphatic heterocycles. The molecule has 0 aromatic rings. The third-order valence-electron chi connectivity index (χ3n) is 17.4. The molecule has 40 unspecified atom stereocenters. The van der Waals surface area contributed by atoms with E-state index in [1.165, 1.54) is 13.8 Å². The van der Waals surface area contributed by atoms with Gasteiger partial charge in [-0.25, -0.2) is 0 Å². The average Bonchev–Trinajstić information content (AvgIpc) is 0.770. The summed E-state index contributed by atoms with van der Waals surface area (Å²) in [5.41, 5.74) is 0. The van der Waals surface area contributed by atoms with Crippen LogP contribution in [0.4, 0.5) is 0 Å². The molecule has 40 atom stereocenters. The zero-order chi connectivity index (χ0) is 68.5. The Hall–Kier alpha value is -2.54. The van der Waals surface area contributed by atoms with E-state index >= 15 is 0 Å². The van der Waals surface area contributed by atoms with Gasteiger partial charge in [-0.3, -0.25) is 9.59 Å². The Labute approximate surface area is 527 Å². The zero-order valence-electron chi connectivity index (χ0n) is 50.1. The summed E-state index contributed by atoms with van der Waals surface area (Å²) in [7, 11) is 0. The van der Waals surface area contributed by atoms with Gasteiger partial charge in [-0.15, -0.1) is 0 Å². The maximum absolute atomic E-state index is 13.3. The van der Waals surface area contributed by atoms with Crippen molar-refractivity contribution in [3.8, 4) is 0 Å². The molecule has 540 valence electrons. The van der Waals surface area contributed by atoms with Crippen molar-refractivity contribution in [3.05, 3.63) is 0 Å². The zero-order valence-corrected chi connectivity index (χ0v) is 50.1. The fourth-order valence-corrected chi connectivity index (χ4v) is 12.1. The Morgan fingerprint density at radius 2 is 0.624 bits per heavy atom. The molecule has 0 radical (unpaired) electrons. The molecule has 41 nitrogen and oxygen atoms in total. The van der Waals surface area contributed by atoms with E-state index in [1.54, 1.807) is 0 Å². The third kappa shape index (κ3) is 16.4. The maximum Gasteiger partial charge on any atom is 0.217 e. The SMILES string of the molecule is CC(=O)NC1C(OCC2OC(OC3C(CO)OC(O)C(O)C3O)C(O)C(OC3OC(CO)C(OC4OC(C)C(O)C(O)C4O)C(OC4OC(CO)C(O)C(O)C4O)C3NC(C)=O)C2O)OC(CO)C(OC2OC(CO)C(O)C(O)C2O)C1OC1OC(C)C(O)C(O)C1O. The summed E-state index contributed by atoms with van der Waals surface area (Å²) in [6, 6.07) is -3.82. The van der Waals surface area contributed by atoms with Crippen molar-refractivity contribution in [1.82, 2.24) is 10.6 Å². The lowest BCUT2D eigenvalue weighted by atomic mass is 9.93. The normalized spacial score (nSPS) is 51.6. The molecule has 8 fully saturated rings. The number of carbonyl (C=O) groups excluding carboxylic acids is 2. The number of carbonyl (C=O) groups is 2. The monoisotopic (exact) mass is 1360 g/mol. The third-order valence-corrected chi connectivity index (χ3v) is 17.4. The van der Waals surface area contributed by atoms with Gasteiger partial charge in [0.05, 0.1) is 51.8 Å². The molecule has 8 saturated heterocycles. The van der Waals surface area contributed by atoms with Crippen molar-refractivity contribution < 1.29 is 193 Å². The Balaban J connectivity index is 1.17. The van der Waals surface area contributed by atoms with Crippen molar-refractivity contribution in [2.45, 2.75) is 273 Å². The van der Waals surface area contributed by atoms with Gasteiger partial charge in [0.2, 0.25) is 11.8 Å². The largest absolute Gasteiger partial charge is 0.394 e. The highest BCUT2D eigenvalue weighted by molar-refractivity contribution is 5.73. The molecule has 24 N–H and O–H groups in total. The van der Waals surface area contributed by atoms with Crippen molar-refractivity contribution >= 4 is 11.8 Å². The number of nitrogens with one attached hydrogen (secondary N) is 2. The summed E-state index contributed by atoms with van der Waals surface area (Å²) in [5.74, 6) is -1.88. The molecule has 8 rings (SSSR count). The molecule has 8 aliphatic rings. The predicted octanol–water partition coefficient (Wildman–Crippen LogP) is -16.1. The lowest BCUT2D eigenvalue weighted by Crippen LogP contribution is -2.71. The van der Waals surface area contributed by atoms with Crippen LogP contribution in [0.25, 0.3) is 0 Å². The second-order valence-corrected chi connectivity index (χ2v) is 23.9. The van der Waals surface area contributed by atoms with Gasteiger partial charge < -0.3 is 194 Å². The lowest BCUT2D eigenvalue weighted by Gasteiger charge is -2.52. The Morgan fingerprint density at radius 3 is 1.04 bits per heavy atom. The number of hydrogen-bond acceptors (Lipinski definition) is 39. The average molecular weight is 1370 g/mol. The van der Waals surface area contributed by atoms with Gasteiger partial charge in [0, 0.05) is 13.8 Å². The van der Waals surface area contributed by atoms with Crippen LogP contribution in [0.5, 0.6) is 0 Å². The van der Waals surface area contributed by atoms with Gasteiger partial charge in [0.1, 0.15) is 183 Å². The number of ether oxygens (including phenoxy) is 15. The van der Waals surface area contributed by atoms with E-state index in [0.717, 1.165) is 13.8 Å². The molecule has 41 heteroatoms. The van der Waals surface area contributed by atoms with E-state index in [-0.39, 0.29) is 0 Å². The van der Waals surface area contributed by atoms with Crippen LogP contribution < -0.4 is 10.6 Å². The topological polar surface area (TPSA) is 642 Å². The summed E-state index contributed by atoms with van der Waals surface area (Å²) >= 11 is 0. The Morgan fingerprint density at radius 1 is 0.301 bits per heavy atom. The van der Waals surface area contributed by atoms with Crippen LogP contribution in [0.2, 0.25) is 0 Å². The molecule has 0 spiro atoms. The van der Waals surface area contributed by atoms with E-state index in [0.29, 0.717) is 0 Å². The molecule has 0 bridgehead atoms. The first-order chi connectivity index (χ1) is 43.9. The van der Waals surface area contributed by atoms with Crippen molar-refractivity contribution in [2.24, 2.45) is 0 Å². The molecule has 93 heavy (non-hydrogen) atoms. The molecule has 0 aromatic heterocycles. The van der Waals surface area contributed by atoms with Crippen LogP contribution in [0.3, 0.4) is 0 Å². The minimum atomic E-state index is -2.42. The van der Waals surface area contributed by atoms with Gasteiger partial charge in [-0.1, -0.05) is 0 Å². The number of rotatable bonds is 22. The molecule has 0 aromatic carbocycles. The molecule has 2 amide bonds. The van der Waals surface area contributed by atoms with Crippen LogP contribution in [0.15, 0.2) is 0 Å². The highest BCUT2D eigenvalue weighted by Crippen LogP contribution is 2.39. The second-order valence-electron chi connectivity index (χ2n) is 23.9. The first-order valence-corrected chi connectivity index (χ1v) is 29.9. The van der Waals surface area contributed by atoms with E-state index in [4.69, 9.17) is 71.1 Å². The van der Waals surface area contributed by atoms with Crippen LogP contribution in [-0.4, -0.2) is 409 Å². The van der Waals surface area contributed by atoms with Gasteiger partial charge in [-0.2, -0.15) is 0 Å². The van der Waals surface area contributed by atoms with Gasteiger partial charge in [-0.05, 0) is 13.8 Å². The van der Waals surface area contributed by atoms with Crippen molar-refractivity contribution in [2.75, 3.05) is 39.6 Å². The van der Waals surface area contributed by atoms with Gasteiger partial charge in [0.15, 0.2) is 50.3 Å². The lowest BCUT2D eigenvalue weighted by molar-refractivity contribution is -0.394. The minimum Gasteiger partial charge on any atom is -0.394 e. The molecule has 0 aliphatic carbocycles. The predicted molar refractivity (Wildman–Crippen MR) is 285 cm³/mol. The number of aliphatic hydroxyl groups is 22. The smallest absolute Gasteiger partial charge is 0.217 e. The second kappa shape index (κ2) is 32.6. The fourth-order valence-electron chi connectivity index (χ4n) is 12.1. The standard InChI is InChI=1S/C52H88N2O39/c1-11-23(62)28(67)34(73)48(80-11)89-41-19(9-59)86-47(22(54-14(4)61)43(41)92-51-37(76)31(70)26(65)16(6-56)84-51)93-44-27(66)20(87-52(38(44)77)88-39-17(7-57)82-45(78)33(72)32(39)71)10-79-46-21(53-13(3)60)42(91-49-35(74)29(68)24(63)12(2)81-49)40(18(8-58)85-46)90-50-36(75)30(69)25(64)15(5-55)83-50/h11-12,15-52,55-59,62-78H,5-10H2,1-4H3,(H,53,60)(H,54,61). The highest BCUT2D eigenvalue weighted by Gasteiger charge is 2.60. The van der Waals surface area contributed by atoms with E-state index in [9.17, 15) is 122 Å². The van der Waals surface area contributed by atoms with Gasteiger partial charge in [0.25, 0.3) is 0 Å². The Kier molecular flexibility index (Phi) is 26.7. The van der Waals surface area contributed by atoms with Crippen LogP contribution >= 0.6 is 0 Å². The molecular formula is C52H88N2O39. The van der Waals surface area contributed by atoms with Crippen LogP contribution in [0.1, 0.15) is 27.7 Å². The van der Waals surface area contributed by atoms with Crippen molar-refractivity contribution in [3.63, 3.8) is 0 Å². The van der Waals surface area contributed by atoms with E-state index in [1.807, 2.05) is 0 Å². The van der Waals surface area contributed by atoms with Gasteiger partial charge >= 0.3 is 0 Å². The summed E-state index contributed by atoms with van der Waals surface area (Å²) in [4.78, 5) is 26.5. The molecule has 0 saturated carbocycles. The maximum atomic E-state index is 13.3. The Bertz CT molecular complexity index is 2350. The molecular weight excluding hydrogens is 1280 g/mol. The fraction of sp³-hybridized carbons (Fsp3) is 0.962. The quantitative estimate of drug-likeness (QED) is 0.0479. The summed E-state index contributed by atoms with van der Waals surface area (Å²) in [5, 5.41) is 244. The summed E-state index contributed by atoms with van der Waals surface area (Å²) < 4.78 is 89.1. The number of aliphatic hydroxyl groups excluding tert-OH is 22.